The van der Waals surface area contributed by atoms with Crippen LogP contribution in [0.4, 0.5) is 4.39 Å². The fourth-order valence-corrected chi connectivity index (χ4v) is 6.04. The number of ether oxygens (including phenoxy) is 1. The van der Waals surface area contributed by atoms with Crippen LogP contribution in [-0.2, 0) is 11.2 Å². The molecule has 232 valence electrons. The van der Waals surface area contributed by atoms with Crippen LogP contribution >= 0.6 is 11.6 Å². The van der Waals surface area contributed by atoms with E-state index in [1.807, 2.05) is 37.3 Å². The van der Waals surface area contributed by atoms with Gasteiger partial charge < -0.3 is 26.5 Å². The molecule has 0 unspecified atom stereocenters. The zero-order valence-corrected chi connectivity index (χ0v) is 25.5. The lowest BCUT2D eigenvalue weighted by molar-refractivity contribution is -0.0675. The van der Waals surface area contributed by atoms with Crippen molar-refractivity contribution in [3.8, 4) is 16.9 Å². The Morgan fingerprint density at radius 1 is 1.32 bits per heavy atom. The molecule has 2 aromatic carbocycles. The van der Waals surface area contributed by atoms with E-state index in [0.29, 0.717) is 40.4 Å². The first-order valence-electron chi connectivity index (χ1n) is 14.9. The van der Waals surface area contributed by atoms with Gasteiger partial charge in [-0.05, 0) is 92.8 Å². The molecule has 0 amide bonds. The number of guanidine groups is 1. The number of halogens is 2. The molecule has 1 aliphatic heterocycles. The summed E-state index contributed by atoms with van der Waals surface area (Å²) in [6.45, 7) is 6.52. The van der Waals surface area contributed by atoms with Crippen molar-refractivity contribution >= 4 is 28.6 Å². The summed E-state index contributed by atoms with van der Waals surface area (Å²) in [5.41, 5.74) is 14.6. The number of hydrogen-bond acceptors (Lipinski definition) is 5. The molecular formula is C33H39ClFN7O2. The molecule has 0 radical (unpaired) electrons. The number of H-pyrrole nitrogens is 1. The highest BCUT2D eigenvalue weighted by Gasteiger charge is 2.29. The van der Waals surface area contributed by atoms with E-state index in [0.717, 1.165) is 49.7 Å². The van der Waals surface area contributed by atoms with Gasteiger partial charge in [0.15, 0.2) is 11.8 Å². The highest BCUT2D eigenvalue weighted by molar-refractivity contribution is 6.31. The van der Waals surface area contributed by atoms with E-state index < -0.39 is 11.5 Å². The van der Waals surface area contributed by atoms with E-state index in [1.165, 1.54) is 4.57 Å². The maximum absolute atomic E-state index is 15.1. The van der Waals surface area contributed by atoms with Crippen molar-refractivity contribution in [2.45, 2.75) is 63.7 Å². The molecule has 3 heterocycles. The van der Waals surface area contributed by atoms with Crippen LogP contribution in [0.25, 0.3) is 28.0 Å². The molecule has 4 aromatic rings. The predicted octanol–water partition coefficient (Wildman–Crippen LogP) is 5.74. The standard InChI is InChI=1S/C33H39ClFN7O2/c1-3-20-13-25(11-12-39-32(37)38)44-29(16-20)22-7-9-24(10-8-22)42-18-23-17-28(40-31(23)41-33(42)43)26-14-21(6-4-5-19(2)36)15-27(34)30(26)35/h3,7-10,14-15,17-20,25,29H,1,4-6,11-13,16,36H2,2H3,(H4,37,38,39)(H,40,41,43)/t19-,20-,25+,29-/m0/s1. The maximum atomic E-state index is 15.1. The van der Waals surface area contributed by atoms with E-state index in [-0.39, 0.29) is 29.2 Å². The smallest absolute Gasteiger partial charge is 0.354 e. The molecule has 1 saturated heterocycles. The number of nitrogens with zero attached hydrogens (tertiary/aromatic N) is 2. The first-order valence-corrected chi connectivity index (χ1v) is 15.3. The van der Waals surface area contributed by atoms with Gasteiger partial charge in [-0.2, -0.15) is 4.98 Å². The number of benzene rings is 2. The minimum atomic E-state index is -0.527. The average Bonchev–Trinajstić information content (AvgIpc) is 3.40. The second kappa shape index (κ2) is 13.8. The normalized spacial score (nSPS) is 19.1. The van der Waals surface area contributed by atoms with Gasteiger partial charge in [-0.3, -0.25) is 9.98 Å². The van der Waals surface area contributed by atoms with Gasteiger partial charge in [-0.25, -0.2) is 9.18 Å². The van der Waals surface area contributed by atoms with Gasteiger partial charge in [0, 0.05) is 29.7 Å². The van der Waals surface area contributed by atoms with Crippen molar-refractivity contribution in [3.63, 3.8) is 0 Å². The summed E-state index contributed by atoms with van der Waals surface area (Å²) in [7, 11) is 0. The minimum absolute atomic E-state index is 0.00957. The number of rotatable bonds is 11. The number of fused-ring (bicyclic) bond motifs is 1. The molecule has 2 aromatic heterocycles. The summed E-state index contributed by atoms with van der Waals surface area (Å²) in [6.07, 6.45) is 8.42. The highest BCUT2D eigenvalue weighted by atomic mass is 35.5. The summed E-state index contributed by atoms with van der Waals surface area (Å²) in [5.74, 6) is -0.273. The lowest BCUT2D eigenvalue weighted by Crippen LogP contribution is -2.35. The monoisotopic (exact) mass is 619 g/mol. The fourth-order valence-electron chi connectivity index (χ4n) is 5.80. The number of nitrogens with one attached hydrogen (secondary N) is 3. The van der Waals surface area contributed by atoms with Gasteiger partial charge in [-0.15, -0.1) is 6.58 Å². The van der Waals surface area contributed by atoms with Crippen molar-refractivity contribution in [2.75, 3.05) is 6.54 Å². The zero-order chi connectivity index (χ0) is 31.4. The van der Waals surface area contributed by atoms with Crippen LogP contribution < -0.4 is 22.5 Å². The van der Waals surface area contributed by atoms with Crippen molar-refractivity contribution < 1.29 is 9.13 Å². The quantitative estimate of drug-likeness (QED) is 0.0822. The van der Waals surface area contributed by atoms with Crippen LogP contribution in [0.2, 0.25) is 5.02 Å². The molecule has 11 heteroatoms. The Morgan fingerprint density at radius 3 is 2.80 bits per heavy atom. The molecule has 0 bridgehead atoms. The molecule has 44 heavy (non-hydrogen) atoms. The molecule has 7 N–H and O–H groups in total. The molecule has 9 nitrogen and oxygen atoms in total. The number of aryl methyl sites for hydroxylation is 1. The third kappa shape index (κ3) is 7.38. The minimum Gasteiger partial charge on any atom is -0.370 e. The van der Waals surface area contributed by atoms with Gasteiger partial charge in [0.25, 0.3) is 0 Å². The Labute approximate surface area is 261 Å². The molecule has 1 fully saturated rings. The summed E-state index contributed by atoms with van der Waals surface area (Å²) in [6, 6.07) is 13.0. The number of allylic oxidation sites excluding steroid dienone is 1. The van der Waals surface area contributed by atoms with E-state index in [9.17, 15) is 4.79 Å². The van der Waals surface area contributed by atoms with Crippen molar-refractivity contribution in [3.05, 3.63) is 93.8 Å². The molecule has 0 saturated carbocycles. The Hall–Kier alpha value is -3.99. The maximum Gasteiger partial charge on any atom is 0.354 e. The second-order valence-corrected chi connectivity index (χ2v) is 12.0. The lowest BCUT2D eigenvalue weighted by Gasteiger charge is -2.34. The Balaban J connectivity index is 1.37. The SMILES string of the molecule is C=C[C@H]1C[C@@H](CCNC(=N)N)O[C@H](c2ccc(-n3cc4cc(-c5cc(CCC[C@H](C)N)cc(Cl)c5F)[nH]c4nc3=O)cc2)C1. The van der Waals surface area contributed by atoms with Gasteiger partial charge in [0.05, 0.1) is 28.6 Å². The van der Waals surface area contributed by atoms with Crippen LogP contribution in [-0.4, -0.2) is 39.2 Å². The topological polar surface area (TPSA) is 148 Å². The summed E-state index contributed by atoms with van der Waals surface area (Å²) < 4.78 is 23.0. The molecular weight excluding hydrogens is 581 g/mol. The van der Waals surface area contributed by atoms with E-state index >= 15 is 4.39 Å². The predicted molar refractivity (Wildman–Crippen MR) is 174 cm³/mol. The first-order chi connectivity index (χ1) is 21.1. The number of nitrogens with two attached hydrogens (primary N) is 2. The summed E-state index contributed by atoms with van der Waals surface area (Å²) in [4.78, 5) is 20.4. The Kier molecular flexibility index (Phi) is 9.83. The van der Waals surface area contributed by atoms with Crippen molar-refractivity contribution in [1.82, 2.24) is 19.9 Å². The summed E-state index contributed by atoms with van der Waals surface area (Å²) >= 11 is 6.25. The van der Waals surface area contributed by atoms with Crippen LogP contribution in [0.15, 0.2) is 66.1 Å². The average molecular weight is 620 g/mol. The summed E-state index contributed by atoms with van der Waals surface area (Å²) in [5, 5.41) is 10.9. The highest BCUT2D eigenvalue weighted by Crippen LogP contribution is 2.37. The van der Waals surface area contributed by atoms with E-state index in [1.54, 1.807) is 24.4 Å². The number of aromatic nitrogens is 3. The molecule has 5 rings (SSSR count). The van der Waals surface area contributed by atoms with Crippen LogP contribution in [0.1, 0.15) is 56.3 Å². The number of aromatic amines is 1. The first kappa shape index (κ1) is 31.4. The van der Waals surface area contributed by atoms with Crippen LogP contribution in [0.3, 0.4) is 0 Å². The fraction of sp³-hybridized carbons (Fsp3) is 0.364. The van der Waals surface area contributed by atoms with Crippen LogP contribution in [0.5, 0.6) is 0 Å². The largest absolute Gasteiger partial charge is 0.370 e. The molecule has 4 atom stereocenters. The Bertz CT molecular complexity index is 1700. The Morgan fingerprint density at radius 2 is 2.09 bits per heavy atom. The molecule has 0 aliphatic carbocycles. The van der Waals surface area contributed by atoms with Crippen LogP contribution in [0, 0.1) is 17.1 Å². The van der Waals surface area contributed by atoms with Gasteiger partial charge >= 0.3 is 5.69 Å². The zero-order valence-electron chi connectivity index (χ0n) is 24.8. The lowest BCUT2D eigenvalue weighted by atomic mass is 9.88. The molecule has 1 aliphatic rings. The van der Waals surface area contributed by atoms with Gasteiger partial charge in [-0.1, -0.05) is 29.8 Å². The third-order valence-corrected chi connectivity index (χ3v) is 8.38. The van der Waals surface area contributed by atoms with Crippen molar-refractivity contribution in [1.29, 1.82) is 5.41 Å². The van der Waals surface area contributed by atoms with Crippen molar-refractivity contribution in [2.24, 2.45) is 17.4 Å². The molecule has 0 spiro atoms. The van der Waals surface area contributed by atoms with E-state index in [2.05, 4.69) is 21.9 Å². The second-order valence-electron chi connectivity index (χ2n) is 11.6. The third-order valence-electron chi connectivity index (χ3n) is 8.11. The van der Waals surface area contributed by atoms with Gasteiger partial charge in [0.2, 0.25) is 0 Å². The number of hydrogen-bond donors (Lipinski definition) is 5. The van der Waals surface area contributed by atoms with E-state index in [4.69, 9.17) is 33.2 Å². The van der Waals surface area contributed by atoms with Gasteiger partial charge in [0.1, 0.15) is 5.65 Å².